The van der Waals surface area contributed by atoms with Gasteiger partial charge in [0.2, 0.25) is 0 Å². The van der Waals surface area contributed by atoms with Gasteiger partial charge in [0, 0.05) is 41.3 Å². The number of aryl methyl sites for hydroxylation is 1. The summed E-state index contributed by atoms with van der Waals surface area (Å²) >= 11 is 7.79. The van der Waals surface area contributed by atoms with Gasteiger partial charge in [-0.05, 0) is 50.4 Å². The molecule has 7 heteroatoms. The number of aliphatic hydroxyl groups is 1. The Morgan fingerprint density at radius 3 is 2.79 bits per heavy atom. The molecule has 29 heavy (non-hydrogen) atoms. The minimum Gasteiger partial charge on any atom is -0.394 e. The van der Waals surface area contributed by atoms with E-state index in [0.717, 1.165) is 41.7 Å². The fourth-order valence-corrected chi connectivity index (χ4v) is 5.85. The first-order valence-corrected chi connectivity index (χ1v) is 11.5. The Hall–Kier alpha value is -1.44. The molecule has 0 spiro atoms. The number of nitrogens with zero attached hydrogens (tertiary/aromatic N) is 3. The lowest BCUT2D eigenvalue weighted by molar-refractivity contribution is 0.0579. The van der Waals surface area contributed by atoms with Gasteiger partial charge in [-0.15, -0.1) is 11.3 Å². The van der Waals surface area contributed by atoms with Crippen LogP contribution in [0.4, 0.5) is 0 Å². The molecule has 5 nitrogen and oxygen atoms in total. The van der Waals surface area contributed by atoms with Gasteiger partial charge in [-0.3, -0.25) is 9.30 Å². The van der Waals surface area contributed by atoms with Crippen LogP contribution >= 0.6 is 22.9 Å². The van der Waals surface area contributed by atoms with Crippen molar-refractivity contribution in [1.29, 1.82) is 0 Å². The third-order valence-electron chi connectivity index (χ3n) is 6.33. The molecular weight excluding hydrogens is 404 g/mol. The van der Waals surface area contributed by atoms with E-state index in [0.29, 0.717) is 5.92 Å². The molecule has 3 atom stereocenters. The summed E-state index contributed by atoms with van der Waals surface area (Å²) in [6, 6.07) is 8.44. The van der Waals surface area contributed by atoms with Crippen molar-refractivity contribution in [3.8, 4) is 0 Å². The van der Waals surface area contributed by atoms with E-state index < -0.39 is 0 Å². The van der Waals surface area contributed by atoms with Crippen LogP contribution in [0, 0.1) is 12.8 Å². The number of halogens is 1. The SMILES string of the molecule is CCN1[C@H](c2ccc(Cl)cc2)[C@H](CNCc2c(C)nc3sccn23)C[C@]1(C)CO. The van der Waals surface area contributed by atoms with Crippen LogP contribution in [0.1, 0.15) is 43.3 Å². The van der Waals surface area contributed by atoms with Gasteiger partial charge in [0.05, 0.1) is 18.0 Å². The number of imidazole rings is 1. The van der Waals surface area contributed by atoms with Gasteiger partial charge in [-0.1, -0.05) is 30.7 Å². The van der Waals surface area contributed by atoms with Gasteiger partial charge < -0.3 is 10.4 Å². The second kappa shape index (κ2) is 8.36. The largest absolute Gasteiger partial charge is 0.394 e. The number of benzene rings is 1. The van der Waals surface area contributed by atoms with E-state index in [9.17, 15) is 5.11 Å². The maximum absolute atomic E-state index is 10.2. The van der Waals surface area contributed by atoms with Crippen molar-refractivity contribution < 1.29 is 5.11 Å². The number of rotatable bonds is 7. The Balaban J connectivity index is 1.54. The average Bonchev–Trinajstić information content (AvgIpc) is 3.35. The smallest absolute Gasteiger partial charge is 0.194 e. The van der Waals surface area contributed by atoms with Crippen LogP contribution in [0.15, 0.2) is 35.8 Å². The van der Waals surface area contributed by atoms with E-state index in [4.69, 9.17) is 11.6 Å². The van der Waals surface area contributed by atoms with Crippen LogP contribution in [-0.4, -0.2) is 44.6 Å². The molecule has 0 bridgehead atoms. The van der Waals surface area contributed by atoms with Crippen LogP contribution < -0.4 is 5.32 Å². The van der Waals surface area contributed by atoms with Crippen LogP contribution in [0.2, 0.25) is 5.02 Å². The van der Waals surface area contributed by atoms with Gasteiger partial charge >= 0.3 is 0 Å². The molecular formula is C22H29ClN4OS. The molecule has 1 saturated heterocycles. The highest BCUT2D eigenvalue weighted by atomic mass is 35.5. The number of hydrogen-bond donors (Lipinski definition) is 2. The van der Waals surface area contributed by atoms with E-state index in [-0.39, 0.29) is 18.2 Å². The van der Waals surface area contributed by atoms with Crippen molar-refractivity contribution in [2.45, 2.75) is 45.3 Å². The van der Waals surface area contributed by atoms with E-state index in [1.807, 2.05) is 12.1 Å². The number of nitrogens with one attached hydrogen (secondary N) is 1. The van der Waals surface area contributed by atoms with Crippen molar-refractivity contribution in [2.24, 2.45) is 5.92 Å². The third-order valence-corrected chi connectivity index (χ3v) is 7.34. The molecule has 1 aliphatic rings. The fourth-order valence-electron chi connectivity index (χ4n) is 4.94. The maximum atomic E-state index is 10.2. The standard InChI is InChI=1S/C22H29ClN4OS/c1-4-27-20(16-5-7-18(23)8-6-16)17(11-22(27,3)14-28)12-24-13-19-15(2)25-21-26(19)9-10-29-21/h5-10,17,20,24,28H,4,11-14H2,1-3H3/t17-,20+,22+/m0/s1. The summed E-state index contributed by atoms with van der Waals surface area (Å²) in [5.41, 5.74) is 3.36. The predicted octanol–water partition coefficient (Wildman–Crippen LogP) is 4.28. The molecule has 2 N–H and O–H groups in total. The number of likely N-dealkylation sites (N-methyl/N-ethyl adjacent to an activating group) is 1. The maximum Gasteiger partial charge on any atom is 0.194 e. The lowest BCUT2D eigenvalue weighted by Crippen LogP contribution is -2.45. The van der Waals surface area contributed by atoms with Gasteiger partial charge in [-0.25, -0.2) is 4.98 Å². The Labute approximate surface area is 181 Å². The monoisotopic (exact) mass is 432 g/mol. The molecule has 4 rings (SSSR count). The normalized spacial score (nSPS) is 25.3. The van der Waals surface area contributed by atoms with Crippen LogP contribution in [-0.2, 0) is 6.54 Å². The highest BCUT2D eigenvalue weighted by Gasteiger charge is 2.47. The molecule has 0 amide bonds. The number of aromatic nitrogens is 2. The zero-order chi connectivity index (χ0) is 20.6. The molecule has 0 aliphatic carbocycles. The number of aliphatic hydroxyl groups excluding tert-OH is 1. The van der Waals surface area contributed by atoms with Crippen molar-refractivity contribution in [3.63, 3.8) is 0 Å². The first-order valence-electron chi connectivity index (χ1n) is 10.2. The van der Waals surface area contributed by atoms with Crippen LogP contribution in [0.3, 0.4) is 0 Å². The molecule has 2 aromatic heterocycles. The topological polar surface area (TPSA) is 52.8 Å². The number of thiazole rings is 1. The molecule has 3 heterocycles. The summed E-state index contributed by atoms with van der Waals surface area (Å²) in [5.74, 6) is 0.402. The fraction of sp³-hybridized carbons (Fsp3) is 0.500. The van der Waals surface area contributed by atoms with Gasteiger partial charge in [0.25, 0.3) is 0 Å². The molecule has 0 unspecified atom stereocenters. The summed E-state index contributed by atoms with van der Waals surface area (Å²) in [6.45, 7) is 9.16. The summed E-state index contributed by atoms with van der Waals surface area (Å²) in [5, 5.41) is 16.7. The van der Waals surface area contributed by atoms with E-state index in [2.05, 4.69) is 64.1 Å². The van der Waals surface area contributed by atoms with E-state index in [1.54, 1.807) is 11.3 Å². The van der Waals surface area contributed by atoms with E-state index in [1.165, 1.54) is 11.3 Å². The van der Waals surface area contributed by atoms with Crippen molar-refractivity contribution >= 4 is 27.9 Å². The molecule has 0 saturated carbocycles. The zero-order valence-corrected chi connectivity index (χ0v) is 18.8. The predicted molar refractivity (Wildman–Crippen MR) is 120 cm³/mol. The lowest BCUT2D eigenvalue weighted by atomic mass is 9.90. The van der Waals surface area contributed by atoms with Gasteiger partial charge in [-0.2, -0.15) is 0 Å². The lowest BCUT2D eigenvalue weighted by Gasteiger charge is -2.37. The van der Waals surface area contributed by atoms with Crippen LogP contribution in [0.5, 0.6) is 0 Å². The summed E-state index contributed by atoms with van der Waals surface area (Å²) in [4.78, 5) is 8.14. The second-order valence-electron chi connectivity index (χ2n) is 8.23. The number of fused-ring (bicyclic) bond motifs is 1. The second-order valence-corrected chi connectivity index (χ2v) is 9.54. The molecule has 1 aliphatic heterocycles. The third kappa shape index (κ3) is 3.84. The first kappa shape index (κ1) is 20.8. The Bertz CT molecular complexity index is 969. The highest BCUT2D eigenvalue weighted by Crippen LogP contribution is 2.46. The minimum absolute atomic E-state index is 0.165. The first-order chi connectivity index (χ1) is 14.0. The molecule has 1 aromatic carbocycles. The Kier molecular flexibility index (Phi) is 6.00. The van der Waals surface area contributed by atoms with Crippen LogP contribution in [0.25, 0.3) is 4.96 Å². The van der Waals surface area contributed by atoms with Gasteiger partial charge in [0.15, 0.2) is 4.96 Å². The van der Waals surface area contributed by atoms with Crippen molar-refractivity contribution in [2.75, 3.05) is 19.7 Å². The summed E-state index contributed by atoms with van der Waals surface area (Å²) in [6.07, 6.45) is 3.04. The molecule has 0 radical (unpaired) electrons. The average molecular weight is 433 g/mol. The highest BCUT2D eigenvalue weighted by molar-refractivity contribution is 7.15. The molecule has 3 aromatic rings. The quantitative estimate of drug-likeness (QED) is 0.585. The number of hydrogen-bond acceptors (Lipinski definition) is 5. The number of likely N-dealkylation sites (tertiary alicyclic amines) is 1. The summed E-state index contributed by atoms with van der Waals surface area (Å²) < 4.78 is 2.18. The summed E-state index contributed by atoms with van der Waals surface area (Å²) in [7, 11) is 0. The molecule has 1 fully saturated rings. The van der Waals surface area contributed by atoms with Gasteiger partial charge in [0.1, 0.15) is 0 Å². The molecule has 156 valence electrons. The Morgan fingerprint density at radius 2 is 2.10 bits per heavy atom. The van der Waals surface area contributed by atoms with Crippen molar-refractivity contribution in [3.05, 3.63) is 57.8 Å². The van der Waals surface area contributed by atoms with Crippen molar-refractivity contribution in [1.82, 2.24) is 19.6 Å². The zero-order valence-electron chi connectivity index (χ0n) is 17.2. The van der Waals surface area contributed by atoms with E-state index >= 15 is 0 Å². The minimum atomic E-state index is -0.210. The Morgan fingerprint density at radius 1 is 1.34 bits per heavy atom.